The standard InChI is InChI=1S/C7H4N4O4S/c8-7-9-3-1-4(10(12)13)5(11(14)15)2-6(3)16-7/h1-2H,(H2,8,9). The van der Waals surface area contributed by atoms with Crippen molar-refractivity contribution in [1.82, 2.24) is 4.98 Å². The molecule has 0 amide bonds. The van der Waals surface area contributed by atoms with Crippen molar-refractivity contribution in [2.45, 2.75) is 0 Å². The van der Waals surface area contributed by atoms with E-state index >= 15 is 0 Å². The van der Waals surface area contributed by atoms with E-state index in [1.54, 1.807) is 0 Å². The molecule has 0 fully saturated rings. The minimum Gasteiger partial charge on any atom is -0.375 e. The molecule has 2 rings (SSSR count). The zero-order chi connectivity index (χ0) is 11.9. The normalized spacial score (nSPS) is 10.5. The predicted octanol–water partition coefficient (Wildman–Crippen LogP) is 1.69. The van der Waals surface area contributed by atoms with Gasteiger partial charge in [0.2, 0.25) is 0 Å². The van der Waals surface area contributed by atoms with Crippen LogP contribution in [0.15, 0.2) is 12.1 Å². The molecule has 1 aromatic heterocycles. The average Bonchev–Trinajstić information content (AvgIpc) is 2.54. The summed E-state index contributed by atoms with van der Waals surface area (Å²) >= 11 is 1.04. The highest BCUT2D eigenvalue weighted by Crippen LogP contribution is 2.34. The fourth-order valence-electron chi connectivity index (χ4n) is 1.26. The van der Waals surface area contributed by atoms with E-state index in [4.69, 9.17) is 5.73 Å². The first kappa shape index (κ1) is 10.2. The summed E-state index contributed by atoms with van der Waals surface area (Å²) in [5.41, 5.74) is 4.57. The maximum Gasteiger partial charge on any atom is 0.348 e. The van der Waals surface area contributed by atoms with Crippen molar-refractivity contribution < 1.29 is 9.85 Å². The highest BCUT2D eigenvalue weighted by molar-refractivity contribution is 7.22. The Morgan fingerprint density at radius 3 is 2.31 bits per heavy atom. The van der Waals surface area contributed by atoms with E-state index in [0.29, 0.717) is 10.2 Å². The zero-order valence-corrected chi connectivity index (χ0v) is 8.43. The van der Waals surface area contributed by atoms with E-state index in [9.17, 15) is 20.2 Å². The number of nitro groups is 2. The molecule has 1 aromatic carbocycles. The van der Waals surface area contributed by atoms with Gasteiger partial charge in [0.15, 0.2) is 5.13 Å². The number of anilines is 1. The molecule has 2 aromatic rings. The second-order valence-electron chi connectivity index (χ2n) is 2.87. The molecule has 1 heterocycles. The first-order valence-electron chi connectivity index (χ1n) is 3.98. The fourth-order valence-corrected chi connectivity index (χ4v) is 2.01. The Kier molecular flexibility index (Phi) is 2.16. The number of fused-ring (bicyclic) bond motifs is 1. The van der Waals surface area contributed by atoms with Crippen LogP contribution in [0.2, 0.25) is 0 Å². The minimum absolute atomic E-state index is 0.213. The maximum absolute atomic E-state index is 10.6. The van der Waals surface area contributed by atoms with Gasteiger partial charge < -0.3 is 5.73 Å². The first-order chi connectivity index (χ1) is 7.49. The number of nitrogens with two attached hydrogens (primary N) is 1. The highest BCUT2D eigenvalue weighted by Gasteiger charge is 2.25. The van der Waals surface area contributed by atoms with Crippen LogP contribution in [-0.4, -0.2) is 14.8 Å². The lowest BCUT2D eigenvalue weighted by molar-refractivity contribution is -0.422. The van der Waals surface area contributed by atoms with Crippen molar-refractivity contribution in [3.05, 3.63) is 32.4 Å². The molecule has 0 atom stereocenters. The Balaban J connectivity index is 2.80. The molecule has 82 valence electrons. The molecule has 0 radical (unpaired) electrons. The van der Waals surface area contributed by atoms with Gasteiger partial charge in [-0.1, -0.05) is 11.3 Å². The van der Waals surface area contributed by atoms with Crippen molar-refractivity contribution in [3.63, 3.8) is 0 Å². The SMILES string of the molecule is Nc1nc2cc([N+](=O)[O-])c([N+](=O)[O-])cc2s1. The lowest BCUT2D eigenvalue weighted by Gasteiger charge is -1.94. The molecule has 16 heavy (non-hydrogen) atoms. The summed E-state index contributed by atoms with van der Waals surface area (Å²) in [4.78, 5) is 23.5. The Hall–Kier alpha value is -2.29. The van der Waals surface area contributed by atoms with Crippen LogP contribution in [0.3, 0.4) is 0 Å². The molecule has 9 heteroatoms. The molecular formula is C7H4N4O4S. The van der Waals surface area contributed by atoms with Gasteiger partial charge in [-0.2, -0.15) is 0 Å². The maximum atomic E-state index is 10.6. The summed E-state index contributed by atoms with van der Waals surface area (Å²) in [5.74, 6) is 0. The molecule has 0 saturated heterocycles. The smallest absolute Gasteiger partial charge is 0.348 e. The van der Waals surface area contributed by atoms with Crippen molar-refractivity contribution in [2.75, 3.05) is 5.73 Å². The molecule has 0 aliphatic rings. The summed E-state index contributed by atoms with van der Waals surface area (Å²) in [5, 5.41) is 21.5. The molecule has 0 aliphatic heterocycles. The van der Waals surface area contributed by atoms with Crippen LogP contribution in [-0.2, 0) is 0 Å². The average molecular weight is 240 g/mol. The van der Waals surface area contributed by atoms with E-state index in [2.05, 4.69) is 4.98 Å². The number of hydrogen-bond acceptors (Lipinski definition) is 7. The number of aromatic nitrogens is 1. The van der Waals surface area contributed by atoms with E-state index in [1.807, 2.05) is 0 Å². The van der Waals surface area contributed by atoms with Crippen LogP contribution in [0.4, 0.5) is 16.5 Å². The lowest BCUT2D eigenvalue weighted by atomic mass is 10.2. The summed E-state index contributed by atoms with van der Waals surface area (Å²) in [6.45, 7) is 0. The van der Waals surface area contributed by atoms with Gasteiger partial charge in [0, 0.05) is 6.07 Å². The van der Waals surface area contributed by atoms with Gasteiger partial charge in [0.25, 0.3) is 0 Å². The number of nitro benzene ring substituents is 2. The van der Waals surface area contributed by atoms with Gasteiger partial charge in [-0.05, 0) is 0 Å². The Morgan fingerprint density at radius 2 is 1.75 bits per heavy atom. The Labute approximate surface area is 91.6 Å². The third-order valence-corrected chi connectivity index (χ3v) is 2.74. The van der Waals surface area contributed by atoms with Crippen LogP contribution in [0.25, 0.3) is 10.2 Å². The molecule has 8 nitrogen and oxygen atoms in total. The van der Waals surface area contributed by atoms with E-state index < -0.39 is 21.2 Å². The van der Waals surface area contributed by atoms with E-state index in [1.165, 1.54) is 0 Å². The Bertz CT molecular complexity index is 557. The van der Waals surface area contributed by atoms with Crippen molar-refractivity contribution in [3.8, 4) is 0 Å². The molecule has 0 bridgehead atoms. The van der Waals surface area contributed by atoms with Gasteiger partial charge in [-0.3, -0.25) is 20.2 Å². The van der Waals surface area contributed by atoms with Crippen LogP contribution in [0.5, 0.6) is 0 Å². The third kappa shape index (κ3) is 1.52. The second-order valence-corrected chi connectivity index (χ2v) is 3.94. The topological polar surface area (TPSA) is 125 Å². The highest BCUT2D eigenvalue weighted by atomic mass is 32.1. The Morgan fingerprint density at radius 1 is 1.19 bits per heavy atom. The van der Waals surface area contributed by atoms with Crippen molar-refractivity contribution in [2.24, 2.45) is 0 Å². The van der Waals surface area contributed by atoms with Gasteiger partial charge >= 0.3 is 11.4 Å². The number of rotatable bonds is 2. The molecule has 0 saturated carbocycles. The number of nitrogens with zero attached hydrogens (tertiary/aromatic N) is 3. The minimum atomic E-state index is -0.812. The van der Waals surface area contributed by atoms with Gasteiger partial charge in [0.1, 0.15) is 0 Å². The monoisotopic (exact) mass is 240 g/mol. The van der Waals surface area contributed by atoms with Crippen LogP contribution in [0, 0.1) is 20.2 Å². The van der Waals surface area contributed by atoms with Crippen LogP contribution in [0.1, 0.15) is 0 Å². The molecule has 2 N–H and O–H groups in total. The molecule has 0 unspecified atom stereocenters. The number of thiazole rings is 1. The summed E-state index contributed by atoms with van der Waals surface area (Å²) in [7, 11) is 0. The lowest BCUT2D eigenvalue weighted by Crippen LogP contribution is -1.96. The van der Waals surface area contributed by atoms with Crippen molar-refractivity contribution >= 4 is 38.1 Å². The van der Waals surface area contributed by atoms with Crippen LogP contribution >= 0.6 is 11.3 Å². The van der Waals surface area contributed by atoms with E-state index in [0.717, 1.165) is 23.5 Å². The number of benzene rings is 1. The second kappa shape index (κ2) is 3.38. The predicted molar refractivity (Wildman–Crippen MR) is 57.3 cm³/mol. The summed E-state index contributed by atoms with van der Waals surface area (Å²) in [6.07, 6.45) is 0. The van der Waals surface area contributed by atoms with Crippen molar-refractivity contribution in [1.29, 1.82) is 0 Å². The zero-order valence-electron chi connectivity index (χ0n) is 7.61. The van der Waals surface area contributed by atoms with E-state index in [-0.39, 0.29) is 5.13 Å². The molecular weight excluding hydrogens is 236 g/mol. The van der Waals surface area contributed by atoms with Gasteiger partial charge in [0.05, 0.1) is 26.1 Å². The number of nitrogen functional groups attached to an aromatic ring is 1. The first-order valence-corrected chi connectivity index (χ1v) is 4.79. The third-order valence-electron chi connectivity index (χ3n) is 1.89. The summed E-state index contributed by atoms with van der Waals surface area (Å²) < 4.78 is 0.454. The summed E-state index contributed by atoms with van der Waals surface area (Å²) in [6, 6.07) is 2.17. The number of hydrogen-bond donors (Lipinski definition) is 1. The van der Waals surface area contributed by atoms with Gasteiger partial charge in [-0.15, -0.1) is 0 Å². The largest absolute Gasteiger partial charge is 0.375 e. The quantitative estimate of drug-likeness (QED) is 0.628. The van der Waals surface area contributed by atoms with Gasteiger partial charge in [-0.25, -0.2) is 4.98 Å². The molecule has 0 spiro atoms. The fraction of sp³-hybridized carbons (Fsp3) is 0. The van der Waals surface area contributed by atoms with Crippen LogP contribution < -0.4 is 5.73 Å². The molecule has 0 aliphatic carbocycles.